The summed E-state index contributed by atoms with van der Waals surface area (Å²) in [6.45, 7) is 3.97. The first-order valence-corrected chi connectivity index (χ1v) is 5.50. The fourth-order valence-electron chi connectivity index (χ4n) is 1.90. The third-order valence-corrected chi connectivity index (χ3v) is 2.69. The maximum Gasteiger partial charge on any atom is 0.222 e. The third-order valence-electron chi connectivity index (χ3n) is 2.69. The molecule has 4 heteroatoms. The summed E-state index contributed by atoms with van der Waals surface area (Å²) in [5, 5.41) is 2.95. The molecule has 3 N–H and O–H groups in total. The summed E-state index contributed by atoms with van der Waals surface area (Å²) < 4.78 is 0. The van der Waals surface area contributed by atoms with Crippen LogP contribution < -0.4 is 11.1 Å². The van der Waals surface area contributed by atoms with Gasteiger partial charge in [-0.1, -0.05) is 12.1 Å². The van der Waals surface area contributed by atoms with Crippen LogP contribution in [0.2, 0.25) is 0 Å². The molecule has 0 saturated heterocycles. The number of hydrogen-bond acceptors (Lipinski definition) is 4. The van der Waals surface area contributed by atoms with Gasteiger partial charge in [0.05, 0.1) is 11.4 Å². The van der Waals surface area contributed by atoms with E-state index in [0.29, 0.717) is 5.95 Å². The van der Waals surface area contributed by atoms with Crippen LogP contribution in [0.1, 0.15) is 11.4 Å². The summed E-state index contributed by atoms with van der Waals surface area (Å²) in [5.74, 6) is 0.652. The largest absolute Gasteiger partial charge is 0.399 e. The first-order valence-electron chi connectivity index (χ1n) is 5.50. The van der Waals surface area contributed by atoms with Crippen molar-refractivity contribution in [2.24, 2.45) is 0 Å². The molecule has 2 aromatic rings. The van der Waals surface area contributed by atoms with Gasteiger partial charge in [0.25, 0.3) is 0 Å². The number of anilines is 2. The number of hydrogen-bond donors (Lipinski definition) is 2. The van der Waals surface area contributed by atoms with Gasteiger partial charge in [-0.15, -0.1) is 0 Å². The highest BCUT2D eigenvalue weighted by atomic mass is 15.1. The second kappa shape index (κ2) is 4.41. The molecule has 0 aliphatic heterocycles. The quantitative estimate of drug-likeness (QED) is 0.775. The Morgan fingerprint density at radius 2 is 1.53 bits per heavy atom. The Bertz CT molecular complexity index is 509. The van der Waals surface area contributed by atoms with E-state index in [-0.39, 0.29) is 0 Å². The van der Waals surface area contributed by atoms with Gasteiger partial charge in [0, 0.05) is 18.3 Å². The molecule has 0 atom stereocenters. The van der Waals surface area contributed by atoms with E-state index in [9.17, 15) is 0 Å². The van der Waals surface area contributed by atoms with Gasteiger partial charge in [0.1, 0.15) is 0 Å². The van der Waals surface area contributed by atoms with Gasteiger partial charge in [-0.2, -0.15) is 0 Å². The number of nitrogens with zero attached hydrogens (tertiary/aromatic N) is 2. The van der Waals surface area contributed by atoms with Crippen molar-refractivity contribution in [1.82, 2.24) is 9.97 Å². The van der Waals surface area contributed by atoms with Crippen LogP contribution >= 0.6 is 0 Å². The van der Waals surface area contributed by atoms with Crippen LogP contribution in [0.3, 0.4) is 0 Å². The Kier molecular flexibility index (Phi) is 2.95. The van der Waals surface area contributed by atoms with Crippen LogP contribution in [0.25, 0.3) is 11.1 Å². The standard InChI is InChI=1S/C13H16N4/c1-8-12(9(2)17-13(15-3)16-8)10-4-6-11(14)7-5-10/h4-7H,14H2,1-3H3,(H,15,16,17). The van der Waals surface area contributed by atoms with Crippen LogP contribution in [0.15, 0.2) is 24.3 Å². The number of rotatable bonds is 2. The third kappa shape index (κ3) is 2.20. The first kappa shape index (κ1) is 11.4. The monoisotopic (exact) mass is 228 g/mol. The highest BCUT2D eigenvalue weighted by Gasteiger charge is 2.09. The van der Waals surface area contributed by atoms with Crippen molar-refractivity contribution in [2.45, 2.75) is 13.8 Å². The first-order chi connectivity index (χ1) is 8.11. The molecule has 0 unspecified atom stereocenters. The van der Waals surface area contributed by atoms with E-state index in [1.165, 1.54) is 0 Å². The van der Waals surface area contributed by atoms with Crippen LogP contribution in [0.4, 0.5) is 11.6 Å². The fourth-order valence-corrected chi connectivity index (χ4v) is 1.90. The molecule has 0 amide bonds. The van der Waals surface area contributed by atoms with E-state index in [1.54, 1.807) is 0 Å². The van der Waals surface area contributed by atoms with Crippen LogP contribution in [-0.2, 0) is 0 Å². The maximum atomic E-state index is 5.69. The smallest absolute Gasteiger partial charge is 0.222 e. The predicted octanol–water partition coefficient (Wildman–Crippen LogP) is 2.38. The van der Waals surface area contributed by atoms with Crippen molar-refractivity contribution in [3.05, 3.63) is 35.7 Å². The van der Waals surface area contributed by atoms with Gasteiger partial charge >= 0.3 is 0 Å². The Balaban J connectivity index is 2.55. The Hall–Kier alpha value is -2.10. The van der Waals surface area contributed by atoms with Gasteiger partial charge in [-0.25, -0.2) is 9.97 Å². The van der Waals surface area contributed by atoms with E-state index in [2.05, 4.69) is 15.3 Å². The molecule has 0 aliphatic rings. The average Bonchev–Trinajstić information content (AvgIpc) is 2.30. The Labute approximate surface area is 101 Å². The summed E-state index contributed by atoms with van der Waals surface area (Å²) in [4.78, 5) is 8.80. The van der Waals surface area contributed by atoms with Gasteiger partial charge in [-0.3, -0.25) is 0 Å². The van der Waals surface area contributed by atoms with Crippen LogP contribution in [0, 0.1) is 13.8 Å². The number of nitrogens with one attached hydrogen (secondary N) is 1. The Morgan fingerprint density at radius 1 is 1.00 bits per heavy atom. The number of nitrogens with two attached hydrogens (primary N) is 1. The average molecular weight is 228 g/mol. The summed E-state index contributed by atoms with van der Waals surface area (Å²) in [7, 11) is 1.82. The minimum atomic E-state index is 0.652. The number of aryl methyl sites for hydroxylation is 2. The van der Waals surface area contributed by atoms with Crippen molar-refractivity contribution >= 4 is 11.6 Å². The summed E-state index contributed by atoms with van der Waals surface area (Å²) in [6, 6.07) is 7.76. The molecule has 0 radical (unpaired) electrons. The number of benzene rings is 1. The normalized spacial score (nSPS) is 10.3. The predicted molar refractivity (Wildman–Crippen MR) is 70.9 cm³/mol. The van der Waals surface area contributed by atoms with E-state index >= 15 is 0 Å². The number of nitrogen functional groups attached to an aromatic ring is 1. The summed E-state index contributed by atoms with van der Waals surface area (Å²) in [5.41, 5.74) is 10.5. The fraction of sp³-hybridized carbons (Fsp3) is 0.231. The molecular weight excluding hydrogens is 212 g/mol. The molecule has 88 valence electrons. The molecule has 2 rings (SSSR count). The minimum absolute atomic E-state index is 0.652. The molecule has 0 fully saturated rings. The van der Waals surface area contributed by atoms with E-state index in [1.807, 2.05) is 45.2 Å². The summed E-state index contributed by atoms with van der Waals surface area (Å²) in [6.07, 6.45) is 0. The van der Waals surface area contributed by atoms with Gasteiger partial charge in [-0.05, 0) is 31.5 Å². The van der Waals surface area contributed by atoms with Gasteiger partial charge in [0.15, 0.2) is 0 Å². The lowest BCUT2D eigenvalue weighted by molar-refractivity contribution is 1.06. The second-order valence-electron chi connectivity index (χ2n) is 3.97. The molecule has 1 aromatic heterocycles. The molecule has 1 heterocycles. The van der Waals surface area contributed by atoms with Crippen molar-refractivity contribution in [3.63, 3.8) is 0 Å². The van der Waals surface area contributed by atoms with Crippen molar-refractivity contribution in [2.75, 3.05) is 18.1 Å². The van der Waals surface area contributed by atoms with Crippen LogP contribution in [-0.4, -0.2) is 17.0 Å². The maximum absolute atomic E-state index is 5.69. The van der Waals surface area contributed by atoms with Crippen molar-refractivity contribution < 1.29 is 0 Å². The lowest BCUT2D eigenvalue weighted by Gasteiger charge is -2.10. The lowest BCUT2D eigenvalue weighted by atomic mass is 10.0. The van der Waals surface area contributed by atoms with Crippen molar-refractivity contribution in [3.8, 4) is 11.1 Å². The molecule has 0 bridgehead atoms. The Morgan fingerprint density at radius 3 is 2.00 bits per heavy atom. The second-order valence-corrected chi connectivity index (χ2v) is 3.97. The van der Waals surface area contributed by atoms with Crippen molar-refractivity contribution in [1.29, 1.82) is 0 Å². The molecule has 0 spiro atoms. The van der Waals surface area contributed by atoms with E-state index in [4.69, 9.17) is 5.73 Å². The van der Waals surface area contributed by atoms with Gasteiger partial charge in [0.2, 0.25) is 5.95 Å². The zero-order valence-corrected chi connectivity index (χ0v) is 10.3. The SMILES string of the molecule is CNc1nc(C)c(-c2ccc(N)cc2)c(C)n1. The van der Waals surface area contributed by atoms with E-state index in [0.717, 1.165) is 28.2 Å². The molecule has 17 heavy (non-hydrogen) atoms. The molecular formula is C13H16N4. The van der Waals surface area contributed by atoms with Gasteiger partial charge < -0.3 is 11.1 Å². The molecule has 1 aromatic carbocycles. The van der Waals surface area contributed by atoms with E-state index < -0.39 is 0 Å². The zero-order valence-electron chi connectivity index (χ0n) is 10.3. The summed E-state index contributed by atoms with van der Waals surface area (Å²) >= 11 is 0. The van der Waals surface area contributed by atoms with Crippen LogP contribution in [0.5, 0.6) is 0 Å². The highest BCUT2D eigenvalue weighted by Crippen LogP contribution is 2.26. The minimum Gasteiger partial charge on any atom is -0.399 e. The molecule has 0 saturated carbocycles. The molecule has 4 nitrogen and oxygen atoms in total. The topological polar surface area (TPSA) is 63.8 Å². The highest BCUT2D eigenvalue weighted by molar-refractivity contribution is 5.70. The molecule has 0 aliphatic carbocycles. The lowest BCUT2D eigenvalue weighted by Crippen LogP contribution is -2.02. The zero-order chi connectivity index (χ0) is 12.4. The number of aromatic nitrogens is 2.